The molecule has 20 heavy (non-hydrogen) atoms. The summed E-state index contributed by atoms with van der Waals surface area (Å²) in [7, 11) is 0. The van der Waals surface area contributed by atoms with E-state index in [2.05, 4.69) is 4.98 Å². The summed E-state index contributed by atoms with van der Waals surface area (Å²) in [6, 6.07) is 9.80. The maximum absolute atomic E-state index is 13.2. The van der Waals surface area contributed by atoms with E-state index in [9.17, 15) is 4.39 Å². The molecule has 0 amide bonds. The lowest BCUT2D eigenvalue weighted by Gasteiger charge is -2.07. The zero-order valence-electron chi connectivity index (χ0n) is 10.8. The number of hydrogen-bond acceptors (Lipinski definition) is 4. The average Bonchev–Trinajstić information content (AvgIpc) is 2.48. The van der Waals surface area contributed by atoms with Gasteiger partial charge in [0.1, 0.15) is 24.2 Å². The predicted molar refractivity (Wildman–Crippen MR) is 72.4 cm³/mol. The van der Waals surface area contributed by atoms with Crippen LogP contribution in [0.2, 0.25) is 0 Å². The van der Waals surface area contributed by atoms with Crippen LogP contribution in [0.15, 0.2) is 36.5 Å². The number of benzene rings is 1. The Morgan fingerprint density at radius 3 is 2.80 bits per heavy atom. The standard InChI is InChI=1S/C15H14FN3O/c16-15-4-1-11(7-12(15)8-18)10-20-14-3-2-13(5-6-17)19-9-14/h1-4,7,9H,5-6,10,17H2. The molecule has 0 unspecified atom stereocenters. The maximum atomic E-state index is 13.2. The number of nitrogens with zero attached hydrogens (tertiary/aromatic N) is 2. The number of nitriles is 1. The highest BCUT2D eigenvalue weighted by Gasteiger charge is 2.03. The second kappa shape index (κ2) is 6.64. The summed E-state index contributed by atoms with van der Waals surface area (Å²) >= 11 is 0. The van der Waals surface area contributed by atoms with Crippen molar-refractivity contribution < 1.29 is 9.13 Å². The van der Waals surface area contributed by atoms with Crippen LogP contribution in [0.25, 0.3) is 0 Å². The summed E-state index contributed by atoms with van der Waals surface area (Å²) in [5.41, 5.74) is 7.10. The van der Waals surface area contributed by atoms with E-state index in [1.54, 1.807) is 18.3 Å². The minimum absolute atomic E-state index is 0.0162. The Morgan fingerprint density at radius 1 is 1.30 bits per heavy atom. The molecule has 0 saturated carbocycles. The molecular formula is C15H14FN3O. The molecule has 1 aromatic carbocycles. The molecule has 2 aromatic rings. The Labute approximate surface area is 116 Å². The molecule has 0 atom stereocenters. The first-order chi connectivity index (χ1) is 9.72. The van der Waals surface area contributed by atoms with Gasteiger partial charge in [-0.05, 0) is 36.4 Å². The molecule has 0 bridgehead atoms. The van der Waals surface area contributed by atoms with Crippen molar-refractivity contribution in [1.29, 1.82) is 5.26 Å². The Kier molecular flexibility index (Phi) is 4.64. The minimum Gasteiger partial charge on any atom is -0.487 e. The molecule has 0 spiro atoms. The smallest absolute Gasteiger partial charge is 0.140 e. The molecule has 4 nitrogen and oxygen atoms in total. The summed E-state index contributed by atoms with van der Waals surface area (Å²) in [5.74, 6) is 0.0951. The van der Waals surface area contributed by atoms with Crippen LogP contribution in [0.5, 0.6) is 5.75 Å². The molecule has 1 aromatic heterocycles. The van der Waals surface area contributed by atoms with Crippen molar-refractivity contribution in [1.82, 2.24) is 4.98 Å². The van der Waals surface area contributed by atoms with Crippen molar-refractivity contribution in [3.63, 3.8) is 0 Å². The molecular weight excluding hydrogens is 257 g/mol. The van der Waals surface area contributed by atoms with E-state index in [0.29, 0.717) is 12.3 Å². The van der Waals surface area contributed by atoms with Crippen LogP contribution in [-0.2, 0) is 13.0 Å². The lowest BCUT2D eigenvalue weighted by molar-refractivity contribution is 0.304. The molecule has 102 valence electrons. The highest BCUT2D eigenvalue weighted by molar-refractivity contribution is 5.34. The van der Waals surface area contributed by atoms with Crippen LogP contribution in [0, 0.1) is 17.1 Å². The molecule has 0 fully saturated rings. The van der Waals surface area contributed by atoms with Crippen LogP contribution in [-0.4, -0.2) is 11.5 Å². The van der Waals surface area contributed by atoms with E-state index in [0.717, 1.165) is 17.7 Å². The molecule has 0 radical (unpaired) electrons. The Balaban J connectivity index is 2.00. The molecule has 0 aliphatic heterocycles. The lowest BCUT2D eigenvalue weighted by atomic mass is 10.1. The lowest BCUT2D eigenvalue weighted by Crippen LogP contribution is -2.04. The van der Waals surface area contributed by atoms with Crippen molar-refractivity contribution in [2.75, 3.05) is 6.54 Å². The van der Waals surface area contributed by atoms with Gasteiger partial charge in [0.05, 0.1) is 11.8 Å². The number of hydrogen-bond donors (Lipinski definition) is 1. The number of rotatable bonds is 5. The second-order valence-electron chi connectivity index (χ2n) is 4.24. The topological polar surface area (TPSA) is 71.9 Å². The monoisotopic (exact) mass is 271 g/mol. The van der Waals surface area contributed by atoms with Gasteiger partial charge in [0.2, 0.25) is 0 Å². The van der Waals surface area contributed by atoms with Crippen LogP contribution >= 0.6 is 0 Å². The van der Waals surface area contributed by atoms with Crippen LogP contribution in [0.1, 0.15) is 16.8 Å². The van der Waals surface area contributed by atoms with Gasteiger partial charge in [-0.15, -0.1) is 0 Å². The third-order valence-electron chi connectivity index (χ3n) is 2.75. The van der Waals surface area contributed by atoms with Crippen molar-refractivity contribution in [3.8, 4) is 11.8 Å². The van der Waals surface area contributed by atoms with Gasteiger partial charge >= 0.3 is 0 Å². The quantitative estimate of drug-likeness (QED) is 0.904. The van der Waals surface area contributed by atoms with E-state index in [1.165, 1.54) is 12.1 Å². The molecule has 0 aliphatic rings. The van der Waals surface area contributed by atoms with Gasteiger partial charge in [0, 0.05) is 12.1 Å². The Hall–Kier alpha value is -2.45. The second-order valence-corrected chi connectivity index (χ2v) is 4.24. The van der Waals surface area contributed by atoms with E-state index in [4.69, 9.17) is 15.7 Å². The molecule has 2 rings (SSSR count). The van der Waals surface area contributed by atoms with Crippen molar-refractivity contribution >= 4 is 0 Å². The van der Waals surface area contributed by atoms with E-state index in [1.807, 2.05) is 12.1 Å². The predicted octanol–water partition coefficient (Wildman–Crippen LogP) is 2.17. The summed E-state index contributed by atoms with van der Waals surface area (Å²) in [6.07, 6.45) is 2.35. The summed E-state index contributed by atoms with van der Waals surface area (Å²) < 4.78 is 18.7. The number of halogens is 1. The van der Waals surface area contributed by atoms with Crippen molar-refractivity contribution in [2.45, 2.75) is 13.0 Å². The van der Waals surface area contributed by atoms with Gasteiger partial charge in [-0.25, -0.2) is 4.39 Å². The molecule has 1 heterocycles. The van der Waals surface area contributed by atoms with Gasteiger partial charge in [0.15, 0.2) is 0 Å². The number of aromatic nitrogens is 1. The zero-order valence-corrected chi connectivity index (χ0v) is 10.8. The fourth-order valence-electron chi connectivity index (χ4n) is 1.71. The third-order valence-corrected chi connectivity index (χ3v) is 2.75. The first kappa shape index (κ1) is 14.0. The summed E-state index contributed by atoms with van der Waals surface area (Å²) in [4.78, 5) is 4.21. The van der Waals surface area contributed by atoms with Crippen molar-refractivity contribution in [2.24, 2.45) is 5.73 Å². The highest BCUT2D eigenvalue weighted by Crippen LogP contribution is 2.14. The van der Waals surface area contributed by atoms with Gasteiger partial charge in [-0.2, -0.15) is 5.26 Å². The SMILES string of the molecule is N#Cc1cc(COc2ccc(CCN)nc2)ccc1F. The fraction of sp³-hybridized carbons (Fsp3) is 0.200. The Bertz CT molecular complexity index is 620. The highest BCUT2D eigenvalue weighted by atomic mass is 19.1. The zero-order chi connectivity index (χ0) is 14.4. The van der Waals surface area contributed by atoms with Gasteiger partial charge < -0.3 is 10.5 Å². The largest absolute Gasteiger partial charge is 0.487 e. The maximum Gasteiger partial charge on any atom is 0.140 e. The van der Waals surface area contributed by atoms with Gasteiger partial charge in [-0.3, -0.25) is 4.98 Å². The average molecular weight is 271 g/mol. The van der Waals surface area contributed by atoms with E-state index in [-0.39, 0.29) is 12.2 Å². The first-order valence-corrected chi connectivity index (χ1v) is 6.19. The van der Waals surface area contributed by atoms with Crippen LogP contribution in [0.3, 0.4) is 0 Å². The molecule has 0 aliphatic carbocycles. The number of nitrogens with two attached hydrogens (primary N) is 1. The van der Waals surface area contributed by atoms with Crippen molar-refractivity contribution in [3.05, 3.63) is 59.2 Å². The van der Waals surface area contributed by atoms with E-state index >= 15 is 0 Å². The van der Waals surface area contributed by atoms with Crippen LogP contribution in [0.4, 0.5) is 4.39 Å². The summed E-state index contributed by atoms with van der Waals surface area (Å²) in [5, 5.41) is 8.76. The molecule has 0 saturated heterocycles. The van der Waals surface area contributed by atoms with Gasteiger partial charge in [0.25, 0.3) is 0 Å². The first-order valence-electron chi connectivity index (χ1n) is 6.19. The normalized spacial score (nSPS) is 10.1. The van der Waals surface area contributed by atoms with Gasteiger partial charge in [-0.1, -0.05) is 6.07 Å². The Morgan fingerprint density at radius 2 is 2.15 bits per heavy atom. The van der Waals surface area contributed by atoms with Crippen LogP contribution < -0.4 is 10.5 Å². The van der Waals surface area contributed by atoms with E-state index < -0.39 is 5.82 Å². The molecule has 2 N–H and O–H groups in total. The number of pyridine rings is 1. The minimum atomic E-state index is -0.524. The molecule has 5 heteroatoms. The fourth-order valence-corrected chi connectivity index (χ4v) is 1.71. The third kappa shape index (κ3) is 3.53. The number of ether oxygens (including phenoxy) is 1. The summed E-state index contributed by atoms with van der Waals surface area (Å²) in [6.45, 7) is 0.812.